The molecule has 2 aromatic rings. The number of anilines is 1. The van der Waals surface area contributed by atoms with Crippen molar-refractivity contribution in [3.63, 3.8) is 0 Å². The fraction of sp³-hybridized carbons (Fsp3) is 0.357. The Morgan fingerprint density at radius 2 is 1.76 bits per heavy atom. The van der Waals surface area contributed by atoms with Crippen molar-refractivity contribution in [1.29, 1.82) is 0 Å². The van der Waals surface area contributed by atoms with E-state index in [1.807, 2.05) is 32.9 Å². The van der Waals surface area contributed by atoms with Crippen LogP contribution in [0.2, 0.25) is 0 Å². The molecule has 0 aliphatic carbocycles. The largest absolute Gasteiger partial charge is 0.493 e. The third-order valence-electron chi connectivity index (χ3n) is 2.47. The summed E-state index contributed by atoms with van der Waals surface area (Å²) in [5.74, 6) is 1.10. The van der Waals surface area contributed by atoms with Crippen LogP contribution in [0.25, 0.3) is 0 Å². The van der Waals surface area contributed by atoms with E-state index in [1.54, 1.807) is 13.2 Å². The number of nitrogens with zero attached hydrogens (tertiary/aromatic N) is 3. The zero-order valence-electron chi connectivity index (χ0n) is 12.5. The number of ether oxygens (including phenoxy) is 3. The Bertz CT molecular complexity index is 632. The second kappa shape index (κ2) is 6.25. The highest BCUT2D eigenvalue weighted by Gasteiger charge is 2.12. The first kappa shape index (κ1) is 14.8. The summed E-state index contributed by atoms with van der Waals surface area (Å²) >= 11 is 0. The Balaban J connectivity index is 2.29. The normalized spacial score (nSPS) is 10.5. The van der Waals surface area contributed by atoms with E-state index in [4.69, 9.17) is 19.9 Å². The maximum Gasteiger partial charge on any atom is 0.330 e. The Hall–Kier alpha value is -2.57. The van der Waals surface area contributed by atoms with E-state index in [9.17, 15) is 0 Å². The van der Waals surface area contributed by atoms with Crippen LogP contribution in [0.15, 0.2) is 18.2 Å². The lowest BCUT2D eigenvalue weighted by atomic mass is 10.2. The maximum absolute atomic E-state index is 5.63. The zero-order chi connectivity index (χ0) is 15.4. The summed E-state index contributed by atoms with van der Waals surface area (Å²) in [4.78, 5) is 11.9. The molecule has 0 atom stereocenters. The molecule has 7 nitrogen and oxygen atoms in total. The summed E-state index contributed by atoms with van der Waals surface area (Å²) in [6.45, 7) is 5.69. The predicted molar refractivity (Wildman–Crippen MR) is 77.8 cm³/mol. The van der Waals surface area contributed by atoms with Crippen LogP contribution in [0.5, 0.6) is 23.5 Å². The van der Waals surface area contributed by atoms with Crippen molar-refractivity contribution in [3.8, 4) is 23.5 Å². The summed E-state index contributed by atoms with van der Waals surface area (Å²) in [6, 6.07) is 5.70. The number of nitrogen functional groups attached to an aromatic ring is 1. The molecule has 1 aromatic heterocycles. The molecular formula is C14H18N4O3. The van der Waals surface area contributed by atoms with Crippen LogP contribution in [-0.4, -0.2) is 28.2 Å². The lowest BCUT2D eigenvalue weighted by molar-refractivity contribution is 0.218. The number of aromatic nitrogens is 3. The van der Waals surface area contributed by atoms with Crippen molar-refractivity contribution >= 4 is 5.95 Å². The summed E-state index contributed by atoms with van der Waals surface area (Å²) in [7, 11) is 1.57. The van der Waals surface area contributed by atoms with E-state index >= 15 is 0 Å². The van der Waals surface area contributed by atoms with E-state index in [0.717, 1.165) is 5.56 Å². The molecular weight excluding hydrogens is 272 g/mol. The quantitative estimate of drug-likeness (QED) is 0.903. The lowest BCUT2D eigenvalue weighted by Crippen LogP contribution is -2.11. The molecule has 112 valence electrons. The SMILES string of the molecule is COc1cc(C)ccc1Oc1nc(N)nc(OC(C)C)n1. The first-order valence-corrected chi connectivity index (χ1v) is 6.48. The van der Waals surface area contributed by atoms with Crippen molar-refractivity contribution < 1.29 is 14.2 Å². The minimum atomic E-state index is -0.0754. The van der Waals surface area contributed by atoms with Crippen LogP contribution < -0.4 is 19.9 Å². The average Bonchev–Trinajstić information content (AvgIpc) is 2.39. The topological polar surface area (TPSA) is 92.4 Å². The molecule has 1 heterocycles. The Labute approximate surface area is 123 Å². The van der Waals surface area contributed by atoms with Crippen LogP contribution in [-0.2, 0) is 0 Å². The van der Waals surface area contributed by atoms with Gasteiger partial charge in [-0.05, 0) is 38.5 Å². The molecule has 0 saturated carbocycles. The van der Waals surface area contributed by atoms with Gasteiger partial charge in [0.15, 0.2) is 11.5 Å². The second-order valence-electron chi connectivity index (χ2n) is 4.68. The van der Waals surface area contributed by atoms with E-state index < -0.39 is 0 Å². The van der Waals surface area contributed by atoms with Crippen molar-refractivity contribution in [3.05, 3.63) is 23.8 Å². The molecule has 7 heteroatoms. The lowest BCUT2D eigenvalue weighted by Gasteiger charge is -2.11. The number of nitrogens with two attached hydrogens (primary N) is 1. The highest BCUT2D eigenvalue weighted by molar-refractivity contribution is 5.44. The van der Waals surface area contributed by atoms with Gasteiger partial charge in [0, 0.05) is 0 Å². The standard InChI is InChI=1S/C14H18N4O3/c1-8(2)20-13-16-12(15)17-14(18-13)21-10-6-5-9(3)7-11(10)19-4/h5-8H,1-4H3,(H2,15,16,17,18). The van der Waals surface area contributed by atoms with Crippen molar-refractivity contribution in [2.24, 2.45) is 0 Å². The average molecular weight is 290 g/mol. The van der Waals surface area contributed by atoms with Gasteiger partial charge in [-0.3, -0.25) is 0 Å². The van der Waals surface area contributed by atoms with Crippen LogP contribution in [0.1, 0.15) is 19.4 Å². The third-order valence-corrected chi connectivity index (χ3v) is 2.47. The van der Waals surface area contributed by atoms with Crippen molar-refractivity contribution in [2.75, 3.05) is 12.8 Å². The highest BCUT2D eigenvalue weighted by Crippen LogP contribution is 2.31. The molecule has 0 unspecified atom stereocenters. The van der Waals surface area contributed by atoms with Crippen LogP contribution >= 0.6 is 0 Å². The number of hydrogen-bond donors (Lipinski definition) is 1. The Morgan fingerprint density at radius 1 is 1.05 bits per heavy atom. The molecule has 0 bridgehead atoms. The zero-order valence-corrected chi connectivity index (χ0v) is 12.5. The molecule has 0 aliphatic rings. The van der Waals surface area contributed by atoms with E-state index in [2.05, 4.69) is 15.0 Å². The molecule has 0 saturated heterocycles. The van der Waals surface area contributed by atoms with Crippen LogP contribution in [0, 0.1) is 6.92 Å². The molecule has 0 radical (unpaired) electrons. The van der Waals surface area contributed by atoms with Crippen LogP contribution in [0.4, 0.5) is 5.95 Å². The van der Waals surface area contributed by atoms with Gasteiger partial charge >= 0.3 is 12.0 Å². The highest BCUT2D eigenvalue weighted by atomic mass is 16.5. The Morgan fingerprint density at radius 3 is 2.43 bits per heavy atom. The van der Waals surface area contributed by atoms with Gasteiger partial charge in [0.1, 0.15) is 0 Å². The molecule has 0 spiro atoms. The summed E-state index contributed by atoms with van der Waals surface area (Å²) in [5, 5.41) is 0. The Kier molecular flexibility index (Phi) is 4.42. The first-order valence-electron chi connectivity index (χ1n) is 6.48. The minimum absolute atomic E-state index is 0.0294. The van der Waals surface area contributed by atoms with Gasteiger partial charge in [-0.25, -0.2) is 0 Å². The first-order chi connectivity index (χ1) is 9.97. The fourth-order valence-electron chi connectivity index (χ4n) is 1.62. The van der Waals surface area contributed by atoms with E-state index in [-0.39, 0.29) is 24.1 Å². The van der Waals surface area contributed by atoms with E-state index in [0.29, 0.717) is 11.5 Å². The molecule has 21 heavy (non-hydrogen) atoms. The molecule has 0 aliphatic heterocycles. The molecule has 2 rings (SSSR count). The summed E-state index contributed by atoms with van der Waals surface area (Å²) in [6.07, 6.45) is -0.0754. The van der Waals surface area contributed by atoms with Gasteiger partial charge in [-0.1, -0.05) is 6.07 Å². The number of methoxy groups -OCH3 is 1. The van der Waals surface area contributed by atoms with Gasteiger partial charge in [0.25, 0.3) is 0 Å². The maximum atomic E-state index is 5.63. The fourth-order valence-corrected chi connectivity index (χ4v) is 1.62. The van der Waals surface area contributed by atoms with Crippen molar-refractivity contribution in [1.82, 2.24) is 15.0 Å². The van der Waals surface area contributed by atoms with Gasteiger partial charge < -0.3 is 19.9 Å². The number of rotatable bonds is 5. The van der Waals surface area contributed by atoms with E-state index in [1.165, 1.54) is 0 Å². The summed E-state index contributed by atoms with van der Waals surface area (Å²) < 4.78 is 16.3. The van der Waals surface area contributed by atoms with Crippen molar-refractivity contribution in [2.45, 2.75) is 26.9 Å². The minimum Gasteiger partial charge on any atom is -0.493 e. The monoisotopic (exact) mass is 290 g/mol. The van der Waals surface area contributed by atoms with Gasteiger partial charge in [0.05, 0.1) is 13.2 Å². The predicted octanol–water partition coefficient (Wildman–Crippen LogP) is 2.35. The van der Waals surface area contributed by atoms with Gasteiger partial charge in [-0.15, -0.1) is 4.98 Å². The molecule has 0 amide bonds. The molecule has 2 N–H and O–H groups in total. The number of aryl methyl sites for hydroxylation is 1. The van der Waals surface area contributed by atoms with Gasteiger partial charge in [-0.2, -0.15) is 9.97 Å². The number of hydrogen-bond acceptors (Lipinski definition) is 7. The number of benzene rings is 1. The van der Waals surface area contributed by atoms with Gasteiger partial charge in [0.2, 0.25) is 5.95 Å². The molecule has 0 fully saturated rings. The smallest absolute Gasteiger partial charge is 0.330 e. The van der Waals surface area contributed by atoms with Crippen LogP contribution in [0.3, 0.4) is 0 Å². The second-order valence-corrected chi connectivity index (χ2v) is 4.68. The third kappa shape index (κ3) is 3.95. The molecule has 1 aromatic carbocycles. The summed E-state index contributed by atoms with van der Waals surface area (Å²) in [5.41, 5.74) is 6.68.